The fourth-order valence-electron chi connectivity index (χ4n) is 2.34. The molecule has 2 rings (SSSR count). The second-order valence-corrected chi connectivity index (χ2v) is 6.83. The van der Waals surface area contributed by atoms with Crippen molar-refractivity contribution >= 4 is 16.1 Å². The van der Waals surface area contributed by atoms with E-state index in [-0.39, 0.29) is 11.4 Å². The Morgan fingerprint density at radius 1 is 1.05 bits per heavy atom. The maximum Gasteiger partial charge on any atom is 0.409 e. The van der Waals surface area contributed by atoms with Gasteiger partial charge in [-0.15, -0.1) is 0 Å². The number of ether oxygens (including phenoxy) is 2. The SMILES string of the molecule is COC(=O)N1CCCN(S(=O)(=O)c2ccc(OC)cc2)CC1. The average molecular weight is 328 g/mol. The molecule has 0 unspecified atom stereocenters. The van der Waals surface area contributed by atoms with Crippen LogP contribution in [0.25, 0.3) is 0 Å². The van der Waals surface area contributed by atoms with Crippen molar-refractivity contribution in [3.63, 3.8) is 0 Å². The number of amides is 1. The van der Waals surface area contributed by atoms with Crippen LogP contribution in [0.1, 0.15) is 6.42 Å². The van der Waals surface area contributed by atoms with E-state index in [2.05, 4.69) is 4.74 Å². The lowest BCUT2D eigenvalue weighted by Gasteiger charge is -2.21. The van der Waals surface area contributed by atoms with Gasteiger partial charge in [-0.1, -0.05) is 0 Å². The zero-order chi connectivity index (χ0) is 16.2. The normalized spacial score (nSPS) is 16.9. The standard InChI is InChI=1S/C14H20N2O5S/c1-20-12-4-6-13(7-5-12)22(18,19)16-9-3-8-15(10-11-16)14(17)21-2/h4-7H,3,8-11H2,1-2H3. The summed E-state index contributed by atoms with van der Waals surface area (Å²) >= 11 is 0. The second kappa shape index (κ2) is 6.97. The van der Waals surface area contributed by atoms with Gasteiger partial charge in [-0.3, -0.25) is 0 Å². The third kappa shape index (κ3) is 3.50. The van der Waals surface area contributed by atoms with Crippen LogP contribution in [-0.2, 0) is 14.8 Å². The second-order valence-electron chi connectivity index (χ2n) is 4.89. The van der Waals surface area contributed by atoms with Gasteiger partial charge in [0, 0.05) is 26.2 Å². The quantitative estimate of drug-likeness (QED) is 0.832. The monoisotopic (exact) mass is 328 g/mol. The molecule has 22 heavy (non-hydrogen) atoms. The molecule has 1 aromatic carbocycles. The van der Waals surface area contributed by atoms with Crippen molar-refractivity contribution in [2.75, 3.05) is 40.4 Å². The van der Waals surface area contributed by atoms with Gasteiger partial charge in [0.05, 0.1) is 19.1 Å². The van der Waals surface area contributed by atoms with Crippen molar-refractivity contribution < 1.29 is 22.7 Å². The van der Waals surface area contributed by atoms with Crippen molar-refractivity contribution in [3.8, 4) is 5.75 Å². The maximum absolute atomic E-state index is 12.6. The predicted molar refractivity (Wildman–Crippen MR) is 80.3 cm³/mol. The summed E-state index contributed by atoms with van der Waals surface area (Å²) in [5.74, 6) is 0.603. The molecular formula is C14H20N2O5S. The van der Waals surface area contributed by atoms with Gasteiger partial charge < -0.3 is 14.4 Å². The van der Waals surface area contributed by atoms with Crippen molar-refractivity contribution in [1.82, 2.24) is 9.21 Å². The number of carbonyl (C=O) groups is 1. The maximum atomic E-state index is 12.6. The van der Waals surface area contributed by atoms with Crippen molar-refractivity contribution in [2.45, 2.75) is 11.3 Å². The summed E-state index contributed by atoms with van der Waals surface area (Å²) in [6, 6.07) is 6.28. The first kappa shape index (κ1) is 16.6. The van der Waals surface area contributed by atoms with Crippen molar-refractivity contribution in [3.05, 3.63) is 24.3 Å². The van der Waals surface area contributed by atoms with Crippen LogP contribution >= 0.6 is 0 Å². The highest BCUT2D eigenvalue weighted by atomic mass is 32.2. The zero-order valence-corrected chi connectivity index (χ0v) is 13.5. The predicted octanol–water partition coefficient (Wildman–Crippen LogP) is 1.16. The largest absolute Gasteiger partial charge is 0.497 e. The minimum atomic E-state index is -3.57. The van der Waals surface area contributed by atoms with Gasteiger partial charge in [0.2, 0.25) is 10.0 Å². The highest BCUT2D eigenvalue weighted by Gasteiger charge is 2.28. The lowest BCUT2D eigenvalue weighted by molar-refractivity contribution is 0.126. The number of benzene rings is 1. The van der Waals surface area contributed by atoms with E-state index in [0.29, 0.717) is 31.8 Å². The van der Waals surface area contributed by atoms with Gasteiger partial charge in [-0.25, -0.2) is 13.2 Å². The molecule has 0 N–H and O–H groups in total. The van der Waals surface area contributed by atoms with Crippen LogP contribution in [0.3, 0.4) is 0 Å². The molecule has 1 amide bonds. The van der Waals surface area contributed by atoms with Crippen LogP contribution < -0.4 is 4.74 Å². The highest BCUT2D eigenvalue weighted by molar-refractivity contribution is 7.89. The first-order chi connectivity index (χ1) is 10.5. The molecule has 0 radical (unpaired) electrons. The zero-order valence-electron chi connectivity index (χ0n) is 12.7. The van der Waals surface area contributed by atoms with E-state index in [1.165, 1.54) is 35.6 Å². The van der Waals surface area contributed by atoms with E-state index < -0.39 is 16.1 Å². The van der Waals surface area contributed by atoms with Gasteiger partial charge in [0.25, 0.3) is 0 Å². The minimum Gasteiger partial charge on any atom is -0.497 e. The molecule has 1 aliphatic heterocycles. The first-order valence-electron chi connectivity index (χ1n) is 6.96. The number of hydrogen-bond acceptors (Lipinski definition) is 5. The molecule has 1 aliphatic rings. The van der Waals surface area contributed by atoms with Gasteiger partial charge in [0.1, 0.15) is 5.75 Å². The number of nitrogens with zero attached hydrogens (tertiary/aromatic N) is 2. The summed E-state index contributed by atoms with van der Waals surface area (Å²) in [6.07, 6.45) is 0.147. The highest BCUT2D eigenvalue weighted by Crippen LogP contribution is 2.20. The van der Waals surface area contributed by atoms with Crippen LogP contribution in [0.15, 0.2) is 29.2 Å². The fraction of sp³-hybridized carbons (Fsp3) is 0.500. The Bertz CT molecular complexity index is 615. The van der Waals surface area contributed by atoms with Crippen molar-refractivity contribution in [2.24, 2.45) is 0 Å². The molecule has 122 valence electrons. The Hall–Kier alpha value is -1.80. The molecule has 8 heteroatoms. The van der Waals surface area contributed by atoms with Gasteiger partial charge in [0.15, 0.2) is 0 Å². The molecule has 0 atom stereocenters. The van der Waals surface area contributed by atoms with E-state index >= 15 is 0 Å². The summed E-state index contributed by atoms with van der Waals surface area (Å²) in [6.45, 7) is 1.44. The fourth-order valence-corrected chi connectivity index (χ4v) is 3.81. The van der Waals surface area contributed by atoms with Gasteiger partial charge >= 0.3 is 6.09 Å². The minimum absolute atomic E-state index is 0.222. The Morgan fingerprint density at radius 3 is 2.32 bits per heavy atom. The third-order valence-corrected chi connectivity index (χ3v) is 5.50. The molecule has 0 aromatic heterocycles. The Kier molecular flexibility index (Phi) is 5.25. The van der Waals surface area contributed by atoms with Crippen molar-refractivity contribution in [1.29, 1.82) is 0 Å². The average Bonchev–Trinajstić information content (AvgIpc) is 2.80. The summed E-state index contributed by atoms with van der Waals surface area (Å²) < 4.78 is 36.4. The first-order valence-corrected chi connectivity index (χ1v) is 8.40. The molecule has 0 bridgehead atoms. The molecule has 1 saturated heterocycles. The molecule has 7 nitrogen and oxygen atoms in total. The van der Waals surface area contributed by atoms with Crippen LogP contribution in [0.4, 0.5) is 4.79 Å². The van der Waals surface area contributed by atoms with E-state index in [1.807, 2.05) is 0 Å². The summed E-state index contributed by atoms with van der Waals surface area (Å²) in [7, 11) is -0.721. The molecule has 1 aromatic rings. The molecule has 1 fully saturated rings. The van der Waals surface area contributed by atoms with E-state index in [4.69, 9.17) is 4.74 Å². The topological polar surface area (TPSA) is 76.2 Å². The lowest BCUT2D eigenvalue weighted by atomic mass is 10.3. The smallest absolute Gasteiger partial charge is 0.409 e. The number of sulfonamides is 1. The number of rotatable bonds is 3. The van der Waals surface area contributed by atoms with E-state index in [0.717, 1.165) is 0 Å². The molecular weight excluding hydrogens is 308 g/mol. The van der Waals surface area contributed by atoms with Gasteiger partial charge in [-0.2, -0.15) is 4.31 Å². The molecule has 0 aliphatic carbocycles. The van der Waals surface area contributed by atoms with Crippen LogP contribution in [-0.4, -0.2) is 64.1 Å². The third-order valence-electron chi connectivity index (χ3n) is 3.58. The number of methoxy groups -OCH3 is 2. The van der Waals surface area contributed by atoms with Crippen LogP contribution in [0.5, 0.6) is 5.75 Å². The van der Waals surface area contributed by atoms with E-state index in [1.54, 1.807) is 12.1 Å². The van der Waals surface area contributed by atoms with Crippen LogP contribution in [0, 0.1) is 0 Å². The number of hydrogen-bond donors (Lipinski definition) is 0. The summed E-state index contributed by atoms with van der Waals surface area (Å²) in [4.78, 5) is 13.3. The molecule has 0 saturated carbocycles. The Balaban J connectivity index is 2.13. The van der Waals surface area contributed by atoms with E-state index in [9.17, 15) is 13.2 Å². The van der Waals surface area contributed by atoms with Crippen LogP contribution in [0.2, 0.25) is 0 Å². The number of carbonyl (C=O) groups excluding carboxylic acids is 1. The lowest BCUT2D eigenvalue weighted by Crippen LogP contribution is -2.37. The van der Waals surface area contributed by atoms with Gasteiger partial charge in [-0.05, 0) is 30.7 Å². The summed E-state index contributed by atoms with van der Waals surface area (Å²) in [5, 5.41) is 0. The Labute approximate surface area is 130 Å². The summed E-state index contributed by atoms with van der Waals surface area (Å²) in [5.41, 5.74) is 0. The molecule has 1 heterocycles. The molecule has 0 spiro atoms. The Morgan fingerprint density at radius 2 is 1.73 bits per heavy atom.